The van der Waals surface area contributed by atoms with Crippen LogP contribution in [0.4, 0.5) is 4.39 Å². The van der Waals surface area contributed by atoms with Crippen LogP contribution in [0.5, 0.6) is 0 Å². The molecule has 2 fully saturated rings. The summed E-state index contributed by atoms with van der Waals surface area (Å²) in [7, 11) is -3.96. The largest absolute Gasteiger partial charge is 0.480 e. The van der Waals surface area contributed by atoms with Gasteiger partial charge < -0.3 is 5.11 Å². The monoisotopic (exact) mass is 341 g/mol. The van der Waals surface area contributed by atoms with E-state index in [2.05, 4.69) is 0 Å². The molecule has 7 heteroatoms. The summed E-state index contributed by atoms with van der Waals surface area (Å²) >= 11 is 0. The molecule has 1 aliphatic carbocycles. The highest BCUT2D eigenvalue weighted by atomic mass is 32.2. The minimum atomic E-state index is -3.96. The van der Waals surface area contributed by atoms with E-state index in [4.69, 9.17) is 0 Å². The van der Waals surface area contributed by atoms with Crippen LogP contribution in [0.1, 0.15) is 37.7 Å². The number of sulfonamides is 1. The second-order valence-electron chi connectivity index (χ2n) is 6.45. The Hall–Kier alpha value is -1.47. The maximum absolute atomic E-state index is 13.3. The number of halogens is 1. The summed E-state index contributed by atoms with van der Waals surface area (Å²) in [5.41, 5.74) is 0.299. The number of fused-ring (bicyclic) bond motifs is 1. The Morgan fingerprint density at radius 1 is 1.30 bits per heavy atom. The highest BCUT2D eigenvalue weighted by molar-refractivity contribution is 7.89. The minimum absolute atomic E-state index is 0.00336. The van der Waals surface area contributed by atoms with E-state index in [1.807, 2.05) is 0 Å². The fourth-order valence-electron chi connectivity index (χ4n) is 3.99. The summed E-state index contributed by atoms with van der Waals surface area (Å²) in [4.78, 5) is 11.6. The van der Waals surface area contributed by atoms with Crippen molar-refractivity contribution in [2.75, 3.05) is 0 Å². The maximum Gasteiger partial charge on any atom is 0.322 e. The van der Waals surface area contributed by atoms with Gasteiger partial charge in [0.1, 0.15) is 11.9 Å². The van der Waals surface area contributed by atoms with E-state index < -0.39 is 27.9 Å². The zero-order valence-corrected chi connectivity index (χ0v) is 13.7. The van der Waals surface area contributed by atoms with Gasteiger partial charge >= 0.3 is 5.97 Å². The molecule has 0 bridgehead atoms. The van der Waals surface area contributed by atoms with Gasteiger partial charge in [0.2, 0.25) is 10.0 Å². The lowest BCUT2D eigenvalue weighted by atomic mass is 9.85. The molecule has 1 saturated carbocycles. The molecule has 1 N–H and O–H groups in total. The van der Waals surface area contributed by atoms with Crippen molar-refractivity contribution < 1.29 is 22.7 Å². The van der Waals surface area contributed by atoms with Crippen molar-refractivity contribution >= 4 is 16.0 Å². The number of rotatable bonds is 3. The second-order valence-corrected chi connectivity index (χ2v) is 8.26. The number of carbonyl (C=O) groups is 1. The molecule has 0 amide bonds. The second kappa shape index (κ2) is 5.87. The van der Waals surface area contributed by atoms with Crippen LogP contribution in [-0.4, -0.2) is 35.9 Å². The van der Waals surface area contributed by atoms with Gasteiger partial charge in [0.25, 0.3) is 0 Å². The van der Waals surface area contributed by atoms with Crippen LogP contribution >= 0.6 is 0 Å². The molecule has 3 unspecified atom stereocenters. The molecule has 1 saturated heterocycles. The predicted molar refractivity (Wildman–Crippen MR) is 81.9 cm³/mol. The normalized spacial score (nSPS) is 28.5. The highest BCUT2D eigenvalue weighted by Crippen LogP contribution is 2.43. The number of benzene rings is 1. The van der Waals surface area contributed by atoms with E-state index in [-0.39, 0.29) is 16.9 Å². The van der Waals surface area contributed by atoms with Gasteiger partial charge in [-0.2, -0.15) is 4.31 Å². The third kappa shape index (κ3) is 2.76. The van der Waals surface area contributed by atoms with Crippen molar-refractivity contribution in [1.29, 1.82) is 0 Å². The third-order valence-electron chi connectivity index (χ3n) is 5.01. The van der Waals surface area contributed by atoms with Crippen LogP contribution in [0.3, 0.4) is 0 Å². The van der Waals surface area contributed by atoms with E-state index >= 15 is 0 Å². The smallest absolute Gasteiger partial charge is 0.322 e. The number of hydrogen-bond acceptors (Lipinski definition) is 3. The number of aryl methyl sites for hydroxylation is 1. The lowest BCUT2D eigenvalue weighted by Gasteiger charge is -2.32. The first-order valence-electron chi connectivity index (χ1n) is 7.85. The molecule has 0 aromatic heterocycles. The standard InChI is InChI=1S/C16H20FNO4S/c1-10-8-12(17)6-7-15(10)23(21,22)18-13-5-3-2-4-11(13)9-14(18)16(19)20/h6-8,11,13-14H,2-5,9H2,1H3,(H,19,20). The van der Waals surface area contributed by atoms with E-state index in [1.54, 1.807) is 0 Å². The van der Waals surface area contributed by atoms with Gasteiger partial charge in [-0.05, 0) is 55.9 Å². The van der Waals surface area contributed by atoms with Gasteiger partial charge in [0.05, 0.1) is 4.90 Å². The van der Waals surface area contributed by atoms with Crippen molar-refractivity contribution in [2.45, 2.75) is 56.0 Å². The zero-order chi connectivity index (χ0) is 16.8. The van der Waals surface area contributed by atoms with Crippen LogP contribution in [0.15, 0.2) is 23.1 Å². The Labute approximate surface area is 135 Å². The first-order chi connectivity index (χ1) is 10.8. The number of carboxylic acid groups (broad SMARTS) is 1. The van der Waals surface area contributed by atoms with Crippen molar-refractivity contribution in [3.63, 3.8) is 0 Å². The van der Waals surface area contributed by atoms with E-state index in [0.29, 0.717) is 18.4 Å². The molecule has 1 heterocycles. The minimum Gasteiger partial charge on any atom is -0.480 e. The molecule has 3 rings (SSSR count). The summed E-state index contributed by atoms with van der Waals surface area (Å²) in [5, 5.41) is 9.49. The van der Waals surface area contributed by atoms with Crippen molar-refractivity contribution in [1.82, 2.24) is 4.31 Å². The highest BCUT2D eigenvalue weighted by Gasteiger charge is 2.51. The number of aliphatic carboxylic acids is 1. The van der Waals surface area contributed by atoms with Gasteiger partial charge in [-0.25, -0.2) is 12.8 Å². The summed E-state index contributed by atoms with van der Waals surface area (Å²) in [5.74, 6) is -1.52. The van der Waals surface area contributed by atoms with Crippen molar-refractivity contribution in [2.24, 2.45) is 5.92 Å². The molecule has 126 valence electrons. The summed E-state index contributed by atoms with van der Waals surface area (Å²) < 4.78 is 40.6. The molecule has 0 spiro atoms. The predicted octanol–water partition coefficient (Wildman–Crippen LogP) is 2.54. The first kappa shape index (κ1) is 16.4. The van der Waals surface area contributed by atoms with Crippen LogP contribution in [0.2, 0.25) is 0 Å². The fraction of sp³-hybridized carbons (Fsp3) is 0.562. The summed E-state index contributed by atoms with van der Waals surface area (Å²) in [6.07, 6.45) is 3.83. The SMILES string of the molecule is Cc1cc(F)ccc1S(=O)(=O)N1C(C(=O)O)CC2CCCCC21. The van der Waals surface area contributed by atoms with Gasteiger partial charge in [-0.3, -0.25) is 4.79 Å². The van der Waals surface area contributed by atoms with E-state index in [0.717, 1.165) is 31.4 Å². The molecule has 2 aliphatic rings. The van der Waals surface area contributed by atoms with Crippen molar-refractivity contribution in [3.05, 3.63) is 29.6 Å². The van der Waals surface area contributed by atoms with Gasteiger partial charge in [-0.15, -0.1) is 0 Å². The maximum atomic E-state index is 13.3. The molecule has 5 nitrogen and oxygen atoms in total. The van der Waals surface area contributed by atoms with Gasteiger partial charge in [0, 0.05) is 6.04 Å². The van der Waals surface area contributed by atoms with Crippen LogP contribution in [0, 0.1) is 18.7 Å². The Morgan fingerprint density at radius 2 is 2.00 bits per heavy atom. The van der Waals surface area contributed by atoms with Crippen LogP contribution < -0.4 is 0 Å². The quantitative estimate of drug-likeness (QED) is 0.917. The molecule has 1 aliphatic heterocycles. The van der Waals surface area contributed by atoms with Gasteiger partial charge in [0.15, 0.2) is 0 Å². The van der Waals surface area contributed by atoms with E-state index in [1.165, 1.54) is 17.3 Å². The first-order valence-corrected chi connectivity index (χ1v) is 9.29. The average molecular weight is 341 g/mol. The lowest BCUT2D eigenvalue weighted by molar-refractivity contribution is -0.141. The van der Waals surface area contributed by atoms with Crippen LogP contribution in [0.25, 0.3) is 0 Å². The Morgan fingerprint density at radius 3 is 2.65 bits per heavy atom. The molecule has 23 heavy (non-hydrogen) atoms. The Balaban J connectivity index is 2.06. The fourth-order valence-corrected chi connectivity index (χ4v) is 6.07. The third-order valence-corrected chi connectivity index (χ3v) is 7.10. The van der Waals surface area contributed by atoms with Crippen LogP contribution in [-0.2, 0) is 14.8 Å². The Bertz CT molecular complexity index is 734. The Kier molecular flexibility index (Phi) is 4.18. The number of nitrogens with zero attached hydrogens (tertiary/aromatic N) is 1. The molecule has 1 aromatic carbocycles. The van der Waals surface area contributed by atoms with Crippen molar-refractivity contribution in [3.8, 4) is 0 Å². The molecule has 1 aromatic rings. The topological polar surface area (TPSA) is 74.7 Å². The average Bonchev–Trinajstić information content (AvgIpc) is 2.87. The summed E-state index contributed by atoms with van der Waals surface area (Å²) in [6.45, 7) is 1.53. The summed E-state index contributed by atoms with van der Waals surface area (Å²) in [6, 6.07) is 2.20. The zero-order valence-electron chi connectivity index (χ0n) is 12.9. The van der Waals surface area contributed by atoms with E-state index in [9.17, 15) is 22.7 Å². The molecule has 3 atom stereocenters. The van der Waals surface area contributed by atoms with Gasteiger partial charge in [-0.1, -0.05) is 12.8 Å². The number of hydrogen-bond donors (Lipinski definition) is 1. The lowest BCUT2D eigenvalue weighted by Crippen LogP contribution is -2.46. The number of carboxylic acids is 1. The molecular formula is C16H20FNO4S. The molecular weight excluding hydrogens is 321 g/mol. The molecule has 0 radical (unpaired) electrons.